The Morgan fingerprint density at radius 1 is 1.00 bits per heavy atom. The van der Waals surface area contributed by atoms with Gasteiger partial charge in [0, 0.05) is 52.7 Å². The van der Waals surface area contributed by atoms with Gasteiger partial charge in [-0.1, -0.05) is 0 Å². The molecular formula is C13H20N8. The van der Waals surface area contributed by atoms with Crippen LogP contribution in [-0.2, 0) is 0 Å². The maximum atomic E-state index is 4.59. The fraction of sp³-hybridized carbons (Fsp3) is 0.538. The largest absolute Gasteiger partial charge is 0.347 e. The van der Waals surface area contributed by atoms with Crippen molar-refractivity contribution in [1.82, 2.24) is 29.4 Å². The second-order valence-corrected chi connectivity index (χ2v) is 5.39. The number of anilines is 2. The molecule has 0 aliphatic carbocycles. The lowest BCUT2D eigenvalue weighted by atomic mass is 10.3. The van der Waals surface area contributed by atoms with Crippen molar-refractivity contribution in [2.24, 2.45) is 0 Å². The Bertz CT molecular complexity index is 586. The SMILES string of the molecule is CN1CCN(c2nc(N(C)C)nc(-n3ccnc3)n2)CC1. The summed E-state index contributed by atoms with van der Waals surface area (Å²) in [4.78, 5) is 24.1. The smallest absolute Gasteiger partial charge is 0.241 e. The molecule has 1 aliphatic rings. The van der Waals surface area contributed by atoms with Crippen LogP contribution < -0.4 is 9.80 Å². The van der Waals surface area contributed by atoms with Gasteiger partial charge in [0.2, 0.25) is 17.8 Å². The van der Waals surface area contributed by atoms with E-state index >= 15 is 0 Å². The third-order valence-electron chi connectivity index (χ3n) is 3.52. The maximum Gasteiger partial charge on any atom is 0.241 e. The van der Waals surface area contributed by atoms with Gasteiger partial charge in [-0.25, -0.2) is 4.98 Å². The third-order valence-corrected chi connectivity index (χ3v) is 3.52. The molecule has 0 unspecified atom stereocenters. The van der Waals surface area contributed by atoms with Crippen molar-refractivity contribution < 1.29 is 0 Å². The van der Waals surface area contributed by atoms with Crippen LogP contribution >= 0.6 is 0 Å². The number of piperazine rings is 1. The molecule has 2 aromatic heterocycles. The normalized spacial score (nSPS) is 16.2. The van der Waals surface area contributed by atoms with Gasteiger partial charge in [-0.15, -0.1) is 0 Å². The molecule has 1 fully saturated rings. The number of hydrogen-bond donors (Lipinski definition) is 0. The monoisotopic (exact) mass is 288 g/mol. The van der Waals surface area contributed by atoms with Gasteiger partial charge in [0.05, 0.1) is 0 Å². The van der Waals surface area contributed by atoms with Crippen LogP contribution in [0.15, 0.2) is 18.7 Å². The summed E-state index contributed by atoms with van der Waals surface area (Å²) < 4.78 is 1.80. The van der Waals surface area contributed by atoms with E-state index in [1.165, 1.54) is 0 Å². The molecule has 0 N–H and O–H groups in total. The Morgan fingerprint density at radius 3 is 2.33 bits per heavy atom. The molecule has 8 nitrogen and oxygen atoms in total. The molecule has 3 rings (SSSR count). The Kier molecular flexibility index (Phi) is 3.70. The molecule has 112 valence electrons. The van der Waals surface area contributed by atoms with Crippen LogP contribution in [0.25, 0.3) is 5.95 Å². The van der Waals surface area contributed by atoms with Crippen molar-refractivity contribution in [3.63, 3.8) is 0 Å². The molecule has 1 aliphatic heterocycles. The summed E-state index contributed by atoms with van der Waals surface area (Å²) in [6.45, 7) is 3.89. The molecule has 0 spiro atoms. The first kappa shape index (κ1) is 13.7. The minimum Gasteiger partial charge on any atom is -0.347 e. The highest BCUT2D eigenvalue weighted by molar-refractivity contribution is 5.41. The highest BCUT2D eigenvalue weighted by Gasteiger charge is 2.19. The summed E-state index contributed by atoms with van der Waals surface area (Å²) in [5.41, 5.74) is 0. The average molecular weight is 288 g/mol. The zero-order valence-electron chi connectivity index (χ0n) is 12.6. The molecule has 0 aromatic carbocycles. The summed E-state index contributed by atoms with van der Waals surface area (Å²) >= 11 is 0. The van der Waals surface area contributed by atoms with Crippen LogP contribution in [0.4, 0.5) is 11.9 Å². The standard InChI is InChI=1S/C13H20N8/c1-18(2)11-15-12(20-8-6-19(3)7-9-20)17-13(16-11)21-5-4-14-10-21/h4-5,10H,6-9H2,1-3H3. The predicted octanol–water partition coefficient (Wildman–Crippen LogP) is -0.125. The van der Waals surface area contributed by atoms with E-state index in [4.69, 9.17) is 0 Å². The highest BCUT2D eigenvalue weighted by Crippen LogP contribution is 2.16. The summed E-state index contributed by atoms with van der Waals surface area (Å²) in [6.07, 6.45) is 5.25. The van der Waals surface area contributed by atoms with E-state index in [1.807, 2.05) is 25.2 Å². The van der Waals surface area contributed by atoms with E-state index in [9.17, 15) is 0 Å². The second-order valence-electron chi connectivity index (χ2n) is 5.39. The highest BCUT2D eigenvalue weighted by atomic mass is 15.4. The Hall–Kier alpha value is -2.22. The molecule has 21 heavy (non-hydrogen) atoms. The second kappa shape index (κ2) is 5.65. The van der Waals surface area contributed by atoms with Crippen molar-refractivity contribution in [3.05, 3.63) is 18.7 Å². The van der Waals surface area contributed by atoms with Crippen molar-refractivity contribution in [3.8, 4) is 5.95 Å². The van der Waals surface area contributed by atoms with E-state index in [0.717, 1.165) is 32.1 Å². The Labute approximate surface area is 124 Å². The minimum absolute atomic E-state index is 0.597. The van der Waals surface area contributed by atoms with E-state index in [2.05, 4.69) is 36.8 Å². The molecule has 0 amide bonds. The molecular weight excluding hydrogens is 268 g/mol. The minimum atomic E-state index is 0.597. The van der Waals surface area contributed by atoms with Crippen LogP contribution in [0, 0.1) is 0 Å². The van der Waals surface area contributed by atoms with Gasteiger partial charge in [0.15, 0.2) is 0 Å². The maximum absolute atomic E-state index is 4.59. The van der Waals surface area contributed by atoms with Crippen molar-refractivity contribution in [1.29, 1.82) is 0 Å². The number of likely N-dealkylation sites (N-methyl/N-ethyl adjacent to an activating group) is 1. The van der Waals surface area contributed by atoms with E-state index < -0.39 is 0 Å². The first-order valence-corrected chi connectivity index (χ1v) is 6.99. The van der Waals surface area contributed by atoms with Gasteiger partial charge in [-0.05, 0) is 7.05 Å². The molecule has 3 heterocycles. The van der Waals surface area contributed by atoms with Gasteiger partial charge in [0.1, 0.15) is 6.33 Å². The van der Waals surface area contributed by atoms with Gasteiger partial charge in [0.25, 0.3) is 0 Å². The lowest BCUT2D eigenvalue weighted by molar-refractivity contribution is 0.311. The molecule has 0 atom stereocenters. The molecule has 2 aromatic rings. The van der Waals surface area contributed by atoms with E-state index in [1.54, 1.807) is 17.1 Å². The fourth-order valence-corrected chi connectivity index (χ4v) is 2.18. The number of rotatable bonds is 3. The summed E-state index contributed by atoms with van der Waals surface area (Å²) in [5, 5.41) is 0. The summed E-state index contributed by atoms with van der Waals surface area (Å²) in [7, 11) is 5.99. The zero-order valence-corrected chi connectivity index (χ0v) is 12.6. The van der Waals surface area contributed by atoms with E-state index in [-0.39, 0.29) is 0 Å². The topological polar surface area (TPSA) is 66.2 Å². The Morgan fingerprint density at radius 2 is 1.71 bits per heavy atom. The van der Waals surface area contributed by atoms with E-state index in [0.29, 0.717) is 11.9 Å². The summed E-state index contributed by atoms with van der Waals surface area (Å²) in [6, 6.07) is 0. The Balaban J connectivity index is 1.96. The fourth-order valence-electron chi connectivity index (χ4n) is 2.18. The first-order chi connectivity index (χ1) is 10.1. The first-order valence-electron chi connectivity index (χ1n) is 6.99. The van der Waals surface area contributed by atoms with Crippen LogP contribution in [0.5, 0.6) is 0 Å². The molecule has 0 radical (unpaired) electrons. The summed E-state index contributed by atoms with van der Waals surface area (Å²) in [5.74, 6) is 1.98. The zero-order chi connectivity index (χ0) is 14.8. The van der Waals surface area contributed by atoms with Gasteiger partial charge in [-0.3, -0.25) is 4.57 Å². The lowest BCUT2D eigenvalue weighted by Crippen LogP contribution is -2.45. The van der Waals surface area contributed by atoms with Crippen molar-refractivity contribution in [2.75, 3.05) is 57.1 Å². The number of aromatic nitrogens is 5. The van der Waals surface area contributed by atoms with Gasteiger partial charge in [-0.2, -0.15) is 15.0 Å². The predicted molar refractivity (Wildman–Crippen MR) is 81.0 cm³/mol. The van der Waals surface area contributed by atoms with Gasteiger partial charge >= 0.3 is 0 Å². The quantitative estimate of drug-likeness (QED) is 0.779. The van der Waals surface area contributed by atoms with Crippen molar-refractivity contribution >= 4 is 11.9 Å². The third kappa shape index (κ3) is 2.94. The average Bonchev–Trinajstić information content (AvgIpc) is 3.02. The van der Waals surface area contributed by atoms with Crippen LogP contribution in [-0.4, -0.2) is 76.7 Å². The van der Waals surface area contributed by atoms with Crippen LogP contribution in [0.1, 0.15) is 0 Å². The molecule has 8 heteroatoms. The number of nitrogens with zero attached hydrogens (tertiary/aromatic N) is 8. The molecule has 0 bridgehead atoms. The number of hydrogen-bond acceptors (Lipinski definition) is 7. The van der Waals surface area contributed by atoms with Crippen LogP contribution in [0.3, 0.4) is 0 Å². The molecule has 1 saturated heterocycles. The van der Waals surface area contributed by atoms with Crippen molar-refractivity contribution in [2.45, 2.75) is 0 Å². The van der Waals surface area contributed by atoms with Gasteiger partial charge < -0.3 is 14.7 Å². The lowest BCUT2D eigenvalue weighted by Gasteiger charge is -2.32. The number of imidazole rings is 1. The molecule has 0 saturated carbocycles. The van der Waals surface area contributed by atoms with Crippen LogP contribution in [0.2, 0.25) is 0 Å².